The zero-order chi connectivity index (χ0) is 12.5. The second-order valence-electron chi connectivity index (χ2n) is 3.03. The van der Waals surface area contributed by atoms with Gasteiger partial charge in [-0.3, -0.25) is 4.79 Å². The minimum atomic E-state index is -0.282. The number of nitrogens with one attached hydrogen (secondary N) is 1. The number of carbonyl (C=O) groups is 1. The van der Waals surface area contributed by atoms with Crippen molar-refractivity contribution in [1.82, 2.24) is 5.32 Å². The SMILES string of the molecule is N/N=C/NC(=O)C=CC=Cc1ccccc1Br. The summed E-state index contributed by atoms with van der Waals surface area (Å²) in [6, 6.07) is 7.80. The first-order valence-corrected chi connectivity index (χ1v) is 5.65. The topological polar surface area (TPSA) is 67.5 Å². The number of hydrazone groups is 1. The van der Waals surface area contributed by atoms with Crippen LogP contribution in [0, 0.1) is 0 Å². The smallest absolute Gasteiger partial charge is 0.249 e. The second-order valence-corrected chi connectivity index (χ2v) is 3.88. The average Bonchev–Trinajstić information content (AvgIpc) is 2.34. The van der Waals surface area contributed by atoms with Gasteiger partial charge in [0, 0.05) is 10.5 Å². The average molecular weight is 294 g/mol. The van der Waals surface area contributed by atoms with Gasteiger partial charge in [0.1, 0.15) is 6.34 Å². The molecule has 0 fully saturated rings. The normalized spacial score (nSPS) is 11.6. The Bertz CT molecular complexity index is 467. The molecule has 0 aliphatic heterocycles. The zero-order valence-electron chi connectivity index (χ0n) is 9.01. The summed E-state index contributed by atoms with van der Waals surface area (Å²) in [7, 11) is 0. The van der Waals surface area contributed by atoms with Crippen molar-refractivity contribution < 1.29 is 4.79 Å². The van der Waals surface area contributed by atoms with E-state index < -0.39 is 0 Å². The van der Waals surface area contributed by atoms with Gasteiger partial charge in [-0.05, 0) is 11.6 Å². The number of allylic oxidation sites excluding steroid dienone is 2. The third-order valence-corrected chi connectivity index (χ3v) is 2.54. The summed E-state index contributed by atoms with van der Waals surface area (Å²) in [5.41, 5.74) is 1.04. The molecule has 0 radical (unpaired) electrons. The van der Waals surface area contributed by atoms with Crippen molar-refractivity contribution in [3.63, 3.8) is 0 Å². The highest BCUT2D eigenvalue weighted by atomic mass is 79.9. The summed E-state index contributed by atoms with van der Waals surface area (Å²) >= 11 is 3.43. The zero-order valence-corrected chi connectivity index (χ0v) is 10.6. The van der Waals surface area contributed by atoms with Gasteiger partial charge in [0.15, 0.2) is 0 Å². The van der Waals surface area contributed by atoms with E-state index in [1.165, 1.54) is 6.08 Å². The largest absolute Gasteiger partial charge is 0.322 e. The third-order valence-electron chi connectivity index (χ3n) is 1.82. The van der Waals surface area contributed by atoms with Gasteiger partial charge in [-0.1, -0.05) is 52.4 Å². The lowest BCUT2D eigenvalue weighted by Gasteiger charge is -1.95. The van der Waals surface area contributed by atoms with Crippen LogP contribution >= 0.6 is 15.9 Å². The van der Waals surface area contributed by atoms with Crippen molar-refractivity contribution in [2.24, 2.45) is 10.9 Å². The molecule has 5 heteroatoms. The molecule has 0 saturated carbocycles. The van der Waals surface area contributed by atoms with Crippen LogP contribution in [-0.2, 0) is 4.79 Å². The number of hydrogen-bond acceptors (Lipinski definition) is 3. The summed E-state index contributed by atoms with van der Waals surface area (Å²) in [5, 5.41) is 5.50. The Labute approximate surface area is 108 Å². The number of nitrogens with two attached hydrogens (primary N) is 1. The van der Waals surface area contributed by atoms with Gasteiger partial charge in [0.05, 0.1) is 0 Å². The van der Waals surface area contributed by atoms with Gasteiger partial charge in [-0.15, -0.1) is 0 Å². The van der Waals surface area contributed by atoms with Gasteiger partial charge < -0.3 is 11.2 Å². The predicted molar refractivity (Wildman–Crippen MR) is 73.1 cm³/mol. The lowest BCUT2D eigenvalue weighted by atomic mass is 10.2. The van der Waals surface area contributed by atoms with E-state index >= 15 is 0 Å². The van der Waals surface area contributed by atoms with Gasteiger partial charge in [0.2, 0.25) is 5.91 Å². The Kier molecular flexibility index (Phi) is 5.74. The molecule has 88 valence electrons. The van der Waals surface area contributed by atoms with Gasteiger partial charge in [-0.2, -0.15) is 5.10 Å². The van der Waals surface area contributed by atoms with Crippen LogP contribution in [-0.4, -0.2) is 12.2 Å². The quantitative estimate of drug-likeness (QED) is 0.223. The minimum Gasteiger partial charge on any atom is -0.322 e. The standard InChI is InChI=1S/C12H12BrN3O/c13-11-7-3-1-5-10(11)6-2-4-8-12(17)15-9-16-14/h1-9H,14H2,(H,15,16,17). The van der Waals surface area contributed by atoms with Crippen LogP contribution in [0.15, 0.2) is 52.1 Å². The molecule has 17 heavy (non-hydrogen) atoms. The molecule has 1 rings (SSSR count). The van der Waals surface area contributed by atoms with E-state index in [0.29, 0.717) is 0 Å². The fraction of sp³-hybridized carbons (Fsp3) is 0. The monoisotopic (exact) mass is 293 g/mol. The molecule has 0 atom stereocenters. The number of nitrogens with zero attached hydrogens (tertiary/aromatic N) is 1. The van der Waals surface area contributed by atoms with Crippen LogP contribution in [0.3, 0.4) is 0 Å². The first kappa shape index (κ1) is 13.2. The lowest BCUT2D eigenvalue weighted by molar-refractivity contribution is -0.115. The van der Waals surface area contributed by atoms with E-state index in [9.17, 15) is 4.79 Å². The molecule has 1 aromatic rings. The molecule has 0 spiro atoms. The Balaban J connectivity index is 2.53. The molecule has 0 bridgehead atoms. The highest BCUT2D eigenvalue weighted by Crippen LogP contribution is 2.16. The van der Waals surface area contributed by atoms with Crippen molar-refractivity contribution >= 4 is 34.3 Å². The summed E-state index contributed by atoms with van der Waals surface area (Å²) in [6.45, 7) is 0. The molecule has 1 aromatic carbocycles. The van der Waals surface area contributed by atoms with E-state index in [2.05, 4.69) is 26.3 Å². The summed E-state index contributed by atoms with van der Waals surface area (Å²) in [5.74, 6) is 4.55. The number of carbonyl (C=O) groups excluding carboxylic acids is 1. The maximum atomic E-state index is 11.1. The molecular formula is C12H12BrN3O. The first-order valence-electron chi connectivity index (χ1n) is 4.85. The van der Waals surface area contributed by atoms with Crippen LogP contribution in [0.1, 0.15) is 5.56 Å². The van der Waals surface area contributed by atoms with Crippen LogP contribution in [0.2, 0.25) is 0 Å². The molecule has 0 aromatic heterocycles. The van der Waals surface area contributed by atoms with Gasteiger partial charge in [-0.25, -0.2) is 0 Å². The minimum absolute atomic E-state index is 0.282. The van der Waals surface area contributed by atoms with Crippen LogP contribution in [0.25, 0.3) is 6.08 Å². The van der Waals surface area contributed by atoms with Crippen molar-refractivity contribution in [2.45, 2.75) is 0 Å². The van der Waals surface area contributed by atoms with Crippen LogP contribution in [0.4, 0.5) is 0 Å². The predicted octanol–water partition coefficient (Wildman–Crippen LogP) is 2.04. The molecule has 1 amide bonds. The van der Waals surface area contributed by atoms with E-state index in [0.717, 1.165) is 16.4 Å². The lowest BCUT2D eigenvalue weighted by Crippen LogP contribution is -2.19. The van der Waals surface area contributed by atoms with E-state index in [-0.39, 0.29) is 5.91 Å². The first-order chi connectivity index (χ1) is 8.24. The maximum absolute atomic E-state index is 11.1. The highest BCUT2D eigenvalue weighted by Gasteiger charge is 1.91. The molecule has 4 nitrogen and oxygen atoms in total. The summed E-state index contributed by atoms with van der Waals surface area (Å²) < 4.78 is 1.00. The Morgan fingerprint density at radius 2 is 2.12 bits per heavy atom. The fourth-order valence-corrected chi connectivity index (χ4v) is 1.48. The number of halogens is 1. The van der Waals surface area contributed by atoms with Crippen LogP contribution < -0.4 is 11.2 Å². The molecule has 0 heterocycles. The Morgan fingerprint density at radius 3 is 2.82 bits per heavy atom. The molecule has 0 unspecified atom stereocenters. The summed E-state index contributed by atoms with van der Waals surface area (Å²) in [6.07, 6.45) is 7.82. The third kappa shape index (κ3) is 5.12. The molecule has 0 aliphatic rings. The highest BCUT2D eigenvalue weighted by molar-refractivity contribution is 9.10. The second kappa shape index (κ2) is 7.40. The van der Waals surface area contributed by atoms with E-state index in [1.807, 2.05) is 30.3 Å². The fourth-order valence-electron chi connectivity index (χ4n) is 1.06. The van der Waals surface area contributed by atoms with Crippen molar-refractivity contribution in [1.29, 1.82) is 0 Å². The van der Waals surface area contributed by atoms with Crippen molar-refractivity contribution in [3.8, 4) is 0 Å². The molecule has 0 saturated heterocycles. The number of rotatable bonds is 4. The number of amides is 1. The number of benzene rings is 1. The molecular weight excluding hydrogens is 282 g/mol. The van der Waals surface area contributed by atoms with Crippen molar-refractivity contribution in [2.75, 3.05) is 0 Å². The maximum Gasteiger partial charge on any atom is 0.249 e. The Hall–Kier alpha value is -1.88. The van der Waals surface area contributed by atoms with Crippen molar-refractivity contribution in [3.05, 3.63) is 52.5 Å². The Morgan fingerprint density at radius 1 is 1.35 bits per heavy atom. The van der Waals surface area contributed by atoms with Gasteiger partial charge >= 0.3 is 0 Å². The van der Waals surface area contributed by atoms with E-state index in [1.54, 1.807) is 12.2 Å². The summed E-state index contributed by atoms with van der Waals surface area (Å²) in [4.78, 5) is 11.1. The number of hydrogen-bond donors (Lipinski definition) is 2. The van der Waals surface area contributed by atoms with Gasteiger partial charge in [0.25, 0.3) is 0 Å². The van der Waals surface area contributed by atoms with E-state index in [4.69, 9.17) is 5.84 Å². The van der Waals surface area contributed by atoms with Crippen LogP contribution in [0.5, 0.6) is 0 Å². The molecule has 3 N–H and O–H groups in total. The molecule has 0 aliphatic carbocycles.